The van der Waals surface area contributed by atoms with Crippen LogP contribution in [-0.4, -0.2) is 70.1 Å². The summed E-state index contributed by atoms with van der Waals surface area (Å²) in [5.41, 5.74) is 0.413. The molecule has 1 aromatic heterocycles. The minimum absolute atomic E-state index is 0.0319. The highest BCUT2D eigenvalue weighted by Gasteiger charge is 2.41. The molecule has 2 amide bonds. The fourth-order valence-electron chi connectivity index (χ4n) is 4.41. The second kappa shape index (κ2) is 9.26. The number of hydrogen-bond donors (Lipinski definition) is 1. The Morgan fingerprint density at radius 1 is 1.24 bits per heavy atom. The van der Waals surface area contributed by atoms with Gasteiger partial charge in [-0.25, -0.2) is 13.8 Å². The van der Waals surface area contributed by atoms with Gasteiger partial charge in [0.1, 0.15) is 23.9 Å². The highest BCUT2D eigenvalue weighted by Crippen LogP contribution is 2.31. The normalized spacial score (nSPS) is 18.1. The van der Waals surface area contributed by atoms with Crippen molar-refractivity contribution in [3.8, 4) is 11.4 Å². The highest BCUT2D eigenvalue weighted by atomic mass is 35.5. The van der Waals surface area contributed by atoms with E-state index >= 15 is 0 Å². The lowest BCUT2D eigenvalue weighted by molar-refractivity contribution is -0.143. The molecule has 2 aromatic rings. The Morgan fingerprint density at radius 2 is 1.94 bits per heavy atom. The number of nitrogens with one attached hydrogen (secondary N) is 1. The average molecular weight is 494 g/mol. The van der Waals surface area contributed by atoms with E-state index in [1.54, 1.807) is 0 Å². The van der Waals surface area contributed by atoms with Crippen molar-refractivity contribution in [2.24, 2.45) is 5.41 Å². The number of benzene rings is 1. The lowest BCUT2D eigenvalue weighted by Gasteiger charge is -2.40. The van der Waals surface area contributed by atoms with Gasteiger partial charge in [-0.3, -0.25) is 9.59 Å². The topological polar surface area (TPSA) is 70.5 Å². The number of nitrogens with zero attached hydrogens (tertiary/aromatic N) is 4. The van der Waals surface area contributed by atoms with E-state index < -0.39 is 29.4 Å². The number of imidazole rings is 1. The Morgan fingerprint density at radius 3 is 2.59 bits per heavy atom. The maximum atomic E-state index is 14.7. The van der Waals surface area contributed by atoms with Gasteiger partial charge in [0.2, 0.25) is 5.91 Å². The molecule has 184 valence electrons. The first-order valence-corrected chi connectivity index (χ1v) is 11.8. The van der Waals surface area contributed by atoms with Crippen LogP contribution in [0.5, 0.6) is 0 Å². The van der Waals surface area contributed by atoms with Crippen molar-refractivity contribution in [3.63, 3.8) is 0 Å². The first-order valence-electron chi connectivity index (χ1n) is 11.4. The van der Waals surface area contributed by atoms with Crippen molar-refractivity contribution < 1.29 is 18.4 Å². The summed E-state index contributed by atoms with van der Waals surface area (Å²) in [5, 5.41) is 3.21. The predicted molar refractivity (Wildman–Crippen MR) is 126 cm³/mol. The third kappa shape index (κ3) is 4.81. The molecule has 2 aliphatic rings. The van der Waals surface area contributed by atoms with Crippen LogP contribution < -0.4 is 5.32 Å². The SMILES string of the molecule is CN1CCCn2c(-c3cc(Cl)ccc3F)nc(C(=O)NC(C(=O)N3CC(F)C3)C(C)(C)C)c2C1. The molecule has 0 saturated carbocycles. The smallest absolute Gasteiger partial charge is 0.272 e. The molecule has 34 heavy (non-hydrogen) atoms. The number of carbonyl (C=O) groups excluding carboxylic acids is 2. The van der Waals surface area contributed by atoms with Crippen LogP contribution in [0.1, 0.15) is 43.4 Å². The van der Waals surface area contributed by atoms with Crippen LogP contribution in [0.25, 0.3) is 11.4 Å². The van der Waals surface area contributed by atoms with Crippen LogP contribution in [-0.2, 0) is 17.9 Å². The Hall–Kier alpha value is -2.52. The van der Waals surface area contributed by atoms with E-state index in [0.717, 1.165) is 13.0 Å². The van der Waals surface area contributed by atoms with Gasteiger partial charge < -0.3 is 19.7 Å². The van der Waals surface area contributed by atoms with E-state index in [2.05, 4.69) is 15.2 Å². The number of amides is 2. The van der Waals surface area contributed by atoms with E-state index in [1.807, 2.05) is 32.4 Å². The molecular weight excluding hydrogens is 464 g/mol. The van der Waals surface area contributed by atoms with Gasteiger partial charge in [0.15, 0.2) is 5.69 Å². The van der Waals surface area contributed by atoms with Crippen LogP contribution in [0.15, 0.2) is 18.2 Å². The van der Waals surface area contributed by atoms with Crippen molar-refractivity contribution in [2.45, 2.75) is 52.5 Å². The summed E-state index contributed by atoms with van der Waals surface area (Å²) < 4.78 is 30.0. The third-order valence-corrected chi connectivity index (χ3v) is 6.57. The molecule has 4 rings (SSSR count). The van der Waals surface area contributed by atoms with Gasteiger partial charge in [0, 0.05) is 18.1 Å². The number of rotatable bonds is 4. The van der Waals surface area contributed by atoms with E-state index in [4.69, 9.17) is 11.6 Å². The standard InChI is InChI=1S/C24H30ClF2N5O2/c1-24(2,3)20(23(34)31-11-15(26)12-31)29-22(33)19-18-13-30(4)8-5-9-32(18)21(28-19)16-10-14(25)6-7-17(16)27/h6-7,10,15,20H,5,8-9,11-13H2,1-4H3,(H,29,33). The summed E-state index contributed by atoms with van der Waals surface area (Å²) in [5.74, 6) is -0.989. The van der Waals surface area contributed by atoms with E-state index in [0.29, 0.717) is 29.6 Å². The molecule has 1 saturated heterocycles. The fourth-order valence-corrected chi connectivity index (χ4v) is 4.58. The van der Waals surface area contributed by atoms with Crippen LogP contribution >= 0.6 is 11.6 Å². The molecule has 0 spiro atoms. The van der Waals surface area contributed by atoms with Gasteiger partial charge in [0.25, 0.3) is 5.91 Å². The van der Waals surface area contributed by atoms with Gasteiger partial charge in [-0.15, -0.1) is 0 Å². The fraction of sp³-hybridized carbons (Fsp3) is 0.542. The minimum Gasteiger partial charge on any atom is -0.338 e. The summed E-state index contributed by atoms with van der Waals surface area (Å²) in [7, 11) is 1.95. The first kappa shape index (κ1) is 24.6. The van der Waals surface area contributed by atoms with Crippen molar-refractivity contribution >= 4 is 23.4 Å². The van der Waals surface area contributed by atoms with Crippen LogP contribution in [0.3, 0.4) is 0 Å². The molecule has 7 nitrogen and oxygen atoms in total. The molecule has 1 unspecified atom stereocenters. The zero-order valence-corrected chi connectivity index (χ0v) is 20.6. The van der Waals surface area contributed by atoms with Crippen LogP contribution in [0.4, 0.5) is 8.78 Å². The maximum absolute atomic E-state index is 14.7. The van der Waals surface area contributed by atoms with Gasteiger partial charge in [0.05, 0.1) is 24.3 Å². The molecule has 2 aliphatic heterocycles. The van der Waals surface area contributed by atoms with Crippen molar-refractivity contribution in [1.82, 2.24) is 24.7 Å². The Bertz CT molecular complexity index is 1110. The molecule has 1 N–H and O–H groups in total. The van der Waals surface area contributed by atoms with E-state index in [9.17, 15) is 18.4 Å². The third-order valence-electron chi connectivity index (χ3n) is 6.34. The molecule has 0 aliphatic carbocycles. The lowest BCUT2D eigenvalue weighted by Crippen LogP contribution is -2.61. The van der Waals surface area contributed by atoms with Crippen molar-refractivity contribution in [1.29, 1.82) is 0 Å². The lowest BCUT2D eigenvalue weighted by atomic mass is 9.85. The number of halogens is 3. The van der Waals surface area contributed by atoms with Gasteiger partial charge in [-0.1, -0.05) is 32.4 Å². The molecule has 1 fully saturated rings. The van der Waals surface area contributed by atoms with Crippen molar-refractivity contribution in [3.05, 3.63) is 40.4 Å². The zero-order chi connectivity index (χ0) is 24.8. The Kier molecular flexibility index (Phi) is 6.70. The number of carbonyl (C=O) groups is 2. The number of hydrogen-bond acceptors (Lipinski definition) is 4. The minimum atomic E-state index is -1.03. The summed E-state index contributed by atoms with van der Waals surface area (Å²) in [6, 6.07) is 3.38. The number of fused-ring (bicyclic) bond motifs is 1. The largest absolute Gasteiger partial charge is 0.338 e. The summed E-state index contributed by atoms with van der Waals surface area (Å²) in [6.45, 7) is 7.41. The quantitative estimate of drug-likeness (QED) is 0.707. The molecular formula is C24H30ClF2N5O2. The molecule has 3 heterocycles. The molecule has 1 atom stereocenters. The molecule has 0 bridgehead atoms. The number of aromatic nitrogens is 2. The summed E-state index contributed by atoms with van der Waals surface area (Å²) in [4.78, 5) is 34.6. The van der Waals surface area contributed by atoms with Gasteiger partial charge in [-0.2, -0.15) is 0 Å². The van der Waals surface area contributed by atoms with Gasteiger partial charge in [-0.05, 0) is 43.6 Å². The molecule has 0 radical (unpaired) electrons. The average Bonchev–Trinajstić information content (AvgIpc) is 2.96. The molecule has 10 heteroatoms. The van der Waals surface area contributed by atoms with Crippen LogP contribution in [0.2, 0.25) is 5.02 Å². The highest BCUT2D eigenvalue weighted by molar-refractivity contribution is 6.30. The maximum Gasteiger partial charge on any atom is 0.272 e. The summed E-state index contributed by atoms with van der Waals surface area (Å²) in [6.07, 6.45) is -0.228. The zero-order valence-electron chi connectivity index (χ0n) is 19.9. The van der Waals surface area contributed by atoms with Crippen LogP contribution in [0, 0.1) is 11.2 Å². The molecule has 1 aromatic carbocycles. The first-order chi connectivity index (χ1) is 16.0. The Balaban J connectivity index is 1.73. The Labute approximate surface area is 203 Å². The number of likely N-dealkylation sites (tertiary alicyclic amines) is 1. The number of alkyl halides is 1. The van der Waals surface area contributed by atoms with E-state index in [-0.39, 0.29) is 30.3 Å². The summed E-state index contributed by atoms with van der Waals surface area (Å²) >= 11 is 6.13. The predicted octanol–water partition coefficient (Wildman–Crippen LogP) is 3.50. The second-order valence-electron chi connectivity index (χ2n) is 10.2. The van der Waals surface area contributed by atoms with E-state index in [1.165, 1.54) is 23.1 Å². The monoisotopic (exact) mass is 493 g/mol. The van der Waals surface area contributed by atoms with Gasteiger partial charge >= 0.3 is 0 Å². The van der Waals surface area contributed by atoms with Crippen molar-refractivity contribution in [2.75, 3.05) is 26.7 Å². The second-order valence-corrected chi connectivity index (χ2v) is 10.6.